The summed E-state index contributed by atoms with van der Waals surface area (Å²) in [6.07, 6.45) is 6.13. The van der Waals surface area contributed by atoms with Crippen molar-refractivity contribution >= 4 is 11.6 Å². The van der Waals surface area contributed by atoms with Gasteiger partial charge in [-0.3, -0.25) is 0 Å². The summed E-state index contributed by atoms with van der Waals surface area (Å²) >= 11 is 6.15. The summed E-state index contributed by atoms with van der Waals surface area (Å²) < 4.78 is 13.1. The minimum atomic E-state index is -0.265. The molecule has 0 aliphatic heterocycles. The van der Waals surface area contributed by atoms with Crippen LogP contribution in [0.1, 0.15) is 31.2 Å². The van der Waals surface area contributed by atoms with Crippen molar-refractivity contribution in [2.45, 2.75) is 32.1 Å². The molecule has 0 radical (unpaired) electrons. The van der Waals surface area contributed by atoms with Gasteiger partial charge in [0.2, 0.25) is 0 Å². The zero-order valence-corrected chi connectivity index (χ0v) is 11.2. The van der Waals surface area contributed by atoms with Crippen molar-refractivity contribution in [2.75, 3.05) is 6.54 Å². The smallest absolute Gasteiger partial charge is 0.124 e. The zero-order chi connectivity index (χ0) is 12.8. The predicted molar refractivity (Wildman–Crippen MR) is 72.0 cm³/mol. The van der Waals surface area contributed by atoms with Crippen LogP contribution in [0.15, 0.2) is 18.2 Å². The van der Waals surface area contributed by atoms with E-state index in [-0.39, 0.29) is 11.2 Å². The van der Waals surface area contributed by atoms with Gasteiger partial charge in [0, 0.05) is 5.02 Å². The second-order valence-electron chi connectivity index (χ2n) is 6.06. The van der Waals surface area contributed by atoms with Gasteiger partial charge in [-0.1, -0.05) is 24.1 Å². The van der Waals surface area contributed by atoms with E-state index in [4.69, 9.17) is 17.3 Å². The van der Waals surface area contributed by atoms with Crippen LogP contribution in [0, 0.1) is 23.1 Å². The van der Waals surface area contributed by atoms with Gasteiger partial charge in [-0.25, -0.2) is 4.39 Å². The summed E-state index contributed by atoms with van der Waals surface area (Å²) in [4.78, 5) is 0. The molecule has 1 nitrogen and oxygen atoms in total. The fraction of sp³-hybridized carbons (Fsp3) is 0.600. The van der Waals surface area contributed by atoms with Crippen molar-refractivity contribution in [2.24, 2.45) is 23.0 Å². The highest BCUT2D eigenvalue weighted by molar-refractivity contribution is 6.31. The Labute approximate surface area is 113 Å². The van der Waals surface area contributed by atoms with Crippen molar-refractivity contribution in [1.82, 2.24) is 0 Å². The molecule has 2 bridgehead atoms. The van der Waals surface area contributed by atoms with Crippen molar-refractivity contribution in [3.63, 3.8) is 0 Å². The lowest BCUT2D eigenvalue weighted by Crippen LogP contribution is -2.38. The molecule has 0 spiro atoms. The molecular formula is C15H19ClFN. The molecule has 3 unspecified atom stereocenters. The topological polar surface area (TPSA) is 26.0 Å². The molecule has 1 aromatic carbocycles. The van der Waals surface area contributed by atoms with Crippen molar-refractivity contribution in [3.05, 3.63) is 34.6 Å². The minimum Gasteiger partial charge on any atom is -0.330 e. The first kappa shape index (κ1) is 12.4. The van der Waals surface area contributed by atoms with Crippen LogP contribution >= 0.6 is 11.6 Å². The fourth-order valence-electron chi connectivity index (χ4n) is 4.14. The van der Waals surface area contributed by atoms with Crippen molar-refractivity contribution in [3.8, 4) is 0 Å². The molecule has 2 fully saturated rings. The first-order valence-electron chi connectivity index (χ1n) is 6.77. The Bertz CT molecular complexity index is 462. The van der Waals surface area contributed by atoms with Gasteiger partial charge >= 0.3 is 0 Å². The van der Waals surface area contributed by atoms with E-state index in [2.05, 4.69) is 0 Å². The fourth-order valence-corrected chi connectivity index (χ4v) is 4.38. The maximum absolute atomic E-state index is 13.1. The van der Waals surface area contributed by atoms with E-state index in [1.165, 1.54) is 37.8 Å². The van der Waals surface area contributed by atoms with E-state index in [1.807, 2.05) is 6.07 Å². The van der Waals surface area contributed by atoms with Crippen LogP contribution in [-0.2, 0) is 6.42 Å². The second-order valence-corrected chi connectivity index (χ2v) is 6.47. The Hall–Kier alpha value is -0.600. The van der Waals surface area contributed by atoms with Gasteiger partial charge in [0.15, 0.2) is 0 Å². The van der Waals surface area contributed by atoms with E-state index in [0.29, 0.717) is 5.02 Å². The molecular weight excluding hydrogens is 249 g/mol. The van der Waals surface area contributed by atoms with E-state index in [9.17, 15) is 4.39 Å². The average Bonchev–Trinajstić information content (AvgIpc) is 2.93. The molecule has 0 saturated heterocycles. The average molecular weight is 268 g/mol. The Balaban J connectivity index is 1.86. The summed E-state index contributed by atoms with van der Waals surface area (Å²) in [5.74, 6) is 1.34. The Morgan fingerprint density at radius 1 is 1.39 bits per heavy atom. The van der Waals surface area contributed by atoms with Gasteiger partial charge in [0.25, 0.3) is 0 Å². The largest absolute Gasteiger partial charge is 0.330 e. The van der Waals surface area contributed by atoms with Crippen molar-refractivity contribution in [1.29, 1.82) is 0 Å². The molecule has 98 valence electrons. The molecule has 2 aliphatic rings. The van der Waals surface area contributed by atoms with Crippen LogP contribution in [-0.4, -0.2) is 6.54 Å². The summed E-state index contributed by atoms with van der Waals surface area (Å²) in [6.45, 7) is 0.724. The second kappa shape index (κ2) is 4.50. The highest BCUT2D eigenvalue weighted by atomic mass is 35.5. The quantitative estimate of drug-likeness (QED) is 0.886. The number of hydrogen-bond acceptors (Lipinski definition) is 1. The van der Waals surface area contributed by atoms with Gasteiger partial charge < -0.3 is 5.73 Å². The minimum absolute atomic E-state index is 0.213. The van der Waals surface area contributed by atoms with Crippen LogP contribution < -0.4 is 5.73 Å². The molecule has 3 atom stereocenters. The van der Waals surface area contributed by atoms with Gasteiger partial charge in [-0.15, -0.1) is 0 Å². The van der Waals surface area contributed by atoms with E-state index in [1.54, 1.807) is 0 Å². The van der Waals surface area contributed by atoms with Crippen LogP contribution in [0.2, 0.25) is 5.02 Å². The number of nitrogens with two attached hydrogens (primary N) is 1. The lowest BCUT2D eigenvalue weighted by molar-refractivity contribution is 0.171. The molecule has 0 amide bonds. The molecule has 18 heavy (non-hydrogen) atoms. The summed E-state index contributed by atoms with van der Waals surface area (Å²) in [5.41, 5.74) is 7.33. The molecule has 0 aromatic heterocycles. The standard InChI is InChI=1S/C15H19ClFN/c16-14-6-13(17)4-2-11(14)8-15(9-18)7-10-1-3-12(15)5-10/h2,4,6,10,12H,1,3,5,7-9,18H2. The number of halogens is 2. The van der Waals surface area contributed by atoms with Crippen LogP contribution in [0.4, 0.5) is 4.39 Å². The van der Waals surface area contributed by atoms with Gasteiger partial charge in [-0.2, -0.15) is 0 Å². The number of fused-ring (bicyclic) bond motifs is 2. The molecule has 3 heteroatoms. The number of rotatable bonds is 3. The molecule has 2 saturated carbocycles. The Kier molecular flexibility index (Phi) is 3.11. The van der Waals surface area contributed by atoms with Crippen LogP contribution in [0.25, 0.3) is 0 Å². The molecule has 3 rings (SSSR count). The number of hydrogen-bond donors (Lipinski definition) is 1. The third-order valence-electron chi connectivity index (χ3n) is 5.07. The van der Waals surface area contributed by atoms with Gasteiger partial charge in [0.1, 0.15) is 5.82 Å². The zero-order valence-electron chi connectivity index (χ0n) is 10.5. The van der Waals surface area contributed by atoms with Gasteiger partial charge in [0.05, 0.1) is 0 Å². The summed E-state index contributed by atoms with van der Waals surface area (Å²) in [5, 5.41) is 0.547. The third kappa shape index (κ3) is 1.96. The van der Waals surface area contributed by atoms with E-state index in [0.717, 1.165) is 30.4 Å². The first-order valence-corrected chi connectivity index (χ1v) is 7.15. The van der Waals surface area contributed by atoms with Crippen molar-refractivity contribution < 1.29 is 4.39 Å². The van der Waals surface area contributed by atoms with Crippen LogP contribution in [0.5, 0.6) is 0 Å². The monoisotopic (exact) mass is 267 g/mol. The highest BCUT2D eigenvalue weighted by Gasteiger charge is 2.49. The van der Waals surface area contributed by atoms with Crippen LogP contribution in [0.3, 0.4) is 0 Å². The van der Waals surface area contributed by atoms with Gasteiger partial charge in [-0.05, 0) is 67.2 Å². The molecule has 1 aromatic rings. The maximum Gasteiger partial charge on any atom is 0.124 e. The maximum atomic E-state index is 13.1. The summed E-state index contributed by atoms with van der Waals surface area (Å²) in [6, 6.07) is 4.73. The normalized spacial score (nSPS) is 34.2. The SMILES string of the molecule is NCC1(Cc2ccc(F)cc2Cl)CC2CCC1C2. The number of benzene rings is 1. The predicted octanol–water partition coefficient (Wildman–Crippen LogP) is 3.79. The molecule has 2 N–H and O–H groups in total. The lowest BCUT2D eigenvalue weighted by atomic mass is 9.69. The molecule has 2 aliphatic carbocycles. The first-order chi connectivity index (χ1) is 8.63. The summed E-state index contributed by atoms with van der Waals surface area (Å²) in [7, 11) is 0. The Morgan fingerprint density at radius 2 is 2.22 bits per heavy atom. The van der Waals surface area contributed by atoms with E-state index >= 15 is 0 Å². The third-order valence-corrected chi connectivity index (χ3v) is 5.42. The van der Waals surface area contributed by atoms with E-state index < -0.39 is 0 Å². The highest BCUT2D eigenvalue weighted by Crippen LogP contribution is 2.57. The lowest BCUT2D eigenvalue weighted by Gasteiger charge is -2.37. The Morgan fingerprint density at radius 3 is 2.78 bits per heavy atom. The molecule has 0 heterocycles.